The first-order chi connectivity index (χ1) is 15.2. The van der Waals surface area contributed by atoms with Gasteiger partial charge in [0.1, 0.15) is 22.0 Å². The lowest BCUT2D eigenvalue weighted by atomic mass is 10.2. The molecule has 0 saturated heterocycles. The molecule has 0 spiro atoms. The molecule has 3 heterocycles. The number of aromatic nitrogens is 1. The number of fused-ring (bicyclic) bond motifs is 2. The number of ether oxygens (including phenoxy) is 1. The van der Waals surface area contributed by atoms with Crippen LogP contribution in [0.2, 0.25) is 0 Å². The van der Waals surface area contributed by atoms with Crippen LogP contribution in [0.1, 0.15) is 0 Å². The monoisotopic (exact) mass is 425 g/mol. The van der Waals surface area contributed by atoms with Crippen molar-refractivity contribution in [3.05, 3.63) is 85.1 Å². The molecule has 0 amide bonds. The van der Waals surface area contributed by atoms with Crippen molar-refractivity contribution in [1.82, 2.24) is 4.98 Å². The number of para-hydroxylation sites is 2. The molecule has 0 bridgehead atoms. The van der Waals surface area contributed by atoms with Gasteiger partial charge in [-0.25, -0.2) is 4.98 Å². The van der Waals surface area contributed by atoms with Gasteiger partial charge in [-0.2, -0.15) is 0 Å². The molecule has 0 atom stereocenters. The summed E-state index contributed by atoms with van der Waals surface area (Å²) in [7, 11) is 2.11. The van der Waals surface area contributed by atoms with Gasteiger partial charge in [0.25, 0.3) is 0 Å². The average Bonchev–Trinajstić information content (AvgIpc) is 3.48. The predicted octanol–water partition coefficient (Wildman–Crippen LogP) is 6.89. The van der Waals surface area contributed by atoms with Crippen molar-refractivity contribution in [3.8, 4) is 22.1 Å². The fourth-order valence-electron chi connectivity index (χ4n) is 3.94. The van der Waals surface area contributed by atoms with Gasteiger partial charge < -0.3 is 19.0 Å². The van der Waals surface area contributed by atoms with Crippen molar-refractivity contribution in [2.75, 3.05) is 23.5 Å². The zero-order chi connectivity index (χ0) is 20.8. The first kappa shape index (κ1) is 18.0. The zero-order valence-electron chi connectivity index (χ0n) is 16.9. The number of anilines is 3. The summed E-state index contributed by atoms with van der Waals surface area (Å²) >= 11 is 1.54. The smallest absolute Gasteiger partial charge is 0.207 e. The van der Waals surface area contributed by atoms with Crippen molar-refractivity contribution in [2.45, 2.75) is 0 Å². The molecule has 5 aromatic rings. The van der Waals surface area contributed by atoms with Crippen molar-refractivity contribution < 1.29 is 9.15 Å². The highest BCUT2D eigenvalue weighted by Gasteiger charge is 2.24. The molecule has 6 heteroatoms. The molecule has 0 saturated carbocycles. The minimum atomic E-state index is 0.778. The average molecular weight is 426 g/mol. The molecular formula is C25H19N3O2S. The Morgan fingerprint density at radius 1 is 0.903 bits per heavy atom. The van der Waals surface area contributed by atoms with Crippen LogP contribution in [-0.4, -0.2) is 18.7 Å². The molecule has 3 aromatic carbocycles. The van der Waals surface area contributed by atoms with Crippen LogP contribution in [0.5, 0.6) is 11.5 Å². The number of hydrogen-bond donors (Lipinski definition) is 0. The molecule has 5 nitrogen and oxygen atoms in total. The van der Waals surface area contributed by atoms with Crippen LogP contribution >= 0.6 is 11.3 Å². The molecule has 2 aromatic heterocycles. The largest absolute Gasteiger partial charge is 0.457 e. The van der Waals surface area contributed by atoms with E-state index in [2.05, 4.69) is 58.2 Å². The molecule has 0 aliphatic carbocycles. The van der Waals surface area contributed by atoms with Crippen LogP contribution in [-0.2, 0) is 0 Å². The van der Waals surface area contributed by atoms with Gasteiger partial charge in [0.2, 0.25) is 4.90 Å². The maximum atomic E-state index is 6.22. The normalized spacial score (nSPS) is 13.1. The van der Waals surface area contributed by atoms with E-state index in [0.717, 1.165) is 44.8 Å². The maximum Gasteiger partial charge on any atom is 0.207 e. The SMILES string of the molecule is CN1CN(c2cccc(Oc3cccc(-c4nc5ccoc5s4)c3)c2)c2ccccc21. The number of nitrogens with zero attached hydrogens (tertiary/aromatic N) is 3. The highest BCUT2D eigenvalue weighted by Crippen LogP contribution is 2.41. The summed E-state index contributed by atoms with van der Waals surface area (Å²) in [6.45, 7) is 0.809. The van der Waals surface area contributed by atoms with Gasteiger partial charge in [0.15, 0.2) is 0 Å². The minimum absolute atomic E-state index is 0.778. The van der Waals surface area contributed by atoms with Crippen LogP contribution in [0.3, 0.4) is 0 Å². The Morgan fingerprint density at radius 3 is 2.58 bits per heavy atom. The van der Waals surface area contributed by atoms with Crippen LogP contribution in [0.25, 0.3) is 21.0 Å². The van der Waals surface area contributed by atoms with Gasteiger partial charge in [0, 0.05) is 30.4 Å². The Hall–Kier alpha value is -3.77. The van der Waals surface area contributed by atoms with Crippen LogP contribution in [0.15, 0.2) is 89.5 Å². The second kappa shape index (κ2) is 7.18. The number of benzene rings is 3. The third-order valence-electron chi connectivity index (χ3n) is 5.40. The van der Waals surface area contributed by atoms with Crippen molar-refractivity contribution in [2.24, 2.45) is 0 Å². The first-order valence-electron chi connectivity index (χ1n) is 10.0. The van der Waals surface area contributed by atoms with Gasteiger partial charge in [-0.05, 0) is 36.4 Å². The van der Waals surface area contributed by atoms with E-state index in [9.17, 15) is 0 Å². The van der Waals surface area contributed by atoms with Gasteiger partial charge in [0.05, 0.1) is 24.3 Å². The zero-order valence-corrected chi connectivity index (χ0v) is 17.7. The van der Waals surface area contributed by atoms with Crippen LogP contribution in [0, 0.1) is 0 Å². The van der Waals surface area contributed by atoms with E-state index in [1.165, 1.54) is 11.4 Å². The lowest BCUT2D eigenvalue weighted by molar-refractivity contribution is 0.483. The molecule has 6 rings (SSSR count). The van der Waals surface area contributed by atoms with Gasteiger partial charge >= 0.3 is 0 Å². The Balaban J connectivity index is 1.28. The molecule has 0 unspecified atom stereocenters. The van der Waals surface area contributed by atoms with E-state index in [-0.39, 0.29) is 0 Å². The highest BCUT2D eigenvalue weighted by atomic mass is 32.1. The Labute approximate surface area is 183 Å². The predicted molar refractivity (Wildman–Crippen MR) is 126 cm³/mol. The van der Waals surface area contributed by atoms with Crippen molar-refractivity contribution >= 4 is 38.8 Å². The second-order valence-corrected chi connectivity index (χ2v) is 8.46. The summed E-state index contributed by atoms with van der Waals surface area (Å²) < 4.78 is 11.7. The fraction of sp³-hybridized carbons (Fsp3) is 0.0800. The standard InChI is InChI=1S/C25H19N3O2S/c1-27-16-28(23-11-3-2-10-22(23)27)18-7-5-9-20(15-18)30-19-8-4-6-17(14-19)24-26-21-12-13-29-25(21)31-24/h2-15H,16H2,1H3. The van der Waals surface area contributed by atoms with E-state index in [0.29, 0.717) is 0 Å². The van der Waals surface area contributed by atoms with E-state index < -0.39 is 0 Å². The summed E-state index contributed by atoms with van der Waals surface area (Å²) in [4.78, 5) is 10.0. The summed E-state index contributed by atoms with van der Waals surface area (Å²) in [6, 6.07) is 26.6. The minimum Gasteiger partial charge on any atom is -0.457 e. The Bertz CT molecular complexity index is 1360. The molecule has 1 aliphatic rings. The van der Waals surface area contributed by atoms with Crippen molar-refractivity contribution in [3.63, 3.8) is 0 Å². The summed E-state index contributed by atoms with van der Waals surface area (Å²) in [5.41, 5.74) is 5.44. The second-order valence-electron chi connectivity index (χ2n) is 7.50. The van der Waals surface area contributed by atoms with E-state index in [1.807, 2.05) is 42.5 Å². The van der Waals surface area contributed by atoms with Crippen LogP contribution < -0.4 is 14.5 Å². The molecule has 152 valence electrons. The Morgan fingerprint density at radius 2 is 1.71 bits per heavy atom. The van der Waals surface area contributed by atoms with Crippen LogP contribution in [0.4, 0.5) is 17.1 Å². The molecular weight excluding hydrogens is 406 g/mol. The number of hydrogen-bond acceptors (Lipinski definition) is 6. The highest BCUT2D eigenvalue weighted by molar-refractivity contribution is 7.21. The Kier molecular flexibility index (Phi) is 4.18. The number of furan rings is 1. The lowest BCUT2D eigenvalue weighted by Crippen LogP contribution is -2.23. The third kappa shape index (κ3) is 3.21. The third-order valence-corrected chi connectivity index (χ3v) is 6.42. The van der Waals surface area contributed by atoms with Gasteiger partial charge in [-0.1, -0.05) is 41.7 Å². The lowest BCUT2D eigenvalue weighted by Gasteiger charge is -2.20. The summed E-state index contributed by atoms with van der Waals surface area (Å²) in [6.07, 6.45) is 1.67. The molecule has 0 fully saturated rings. The molecule has 1 aliphatic heterocycles. The quantitative estimate of drug-likeness (QED) is 0.313. The first-order valence-corrected chi connectivity index (χ1v) is 10.9. The fourth-order valence-corrected chi connectivity index (χ4v) is 4.82. The van der Waals surface area contributed by atoms with Crippen molar-refractivity contribution in [1.29, 1.82) is 0 Å². The summed E-state index contributed by atoms with van der Waals surface area (Å²) in [5.74, 6) is 1.58. The molecule has 0 radical (unpaired) electrons. The van der Waals surface area contributed by atoms with Gasteiger partial charge in [-0.3, -0.25) is 0 Å². The van der Waals surface area contributed by atoms with E-state index >= 15 is 0 Å². The molecule has 0 N–H and O–H groups in total. The van der Waals surface area contributed by atoms with E-state index in [1.54, 1.807) is 17.6 Å². The van der Waals surface area contributed by atoms with E-state index in [4.69, 9.17) is 9.15 Å². The number of thiazole rings is 1. The topological polar surface area (TPSA) is 41.7 Å². The van der Waals surface area contributed by atoms with Gasteiger partial charge in [-0.15, -0.1) is 0 Å². The number of rotatable bonds is 4. The maximum absolute atomic E-state index is 6.22. The summed E-state index contributed by atoms with van der Waals surface area (Å²) in [5, 5.41) is 0.922. The molecule has 31 heavy (non-hydrogen) atoms.